The highest BCUT2D eigenvalue weighted by Crippen LogP contribution is 2.40. The molecule has 0 fully saturated rings. The van der Waals surface area contributed by atoms with Crippen molar-refractivity contribution >= 4 is 23.4 Å². The number of hydrogen-bond donors (Lipinski definition) is 1. The smallest absolute Gasteiger partial charge is 0.328 e. The number of alkyl halides is 2. The predicted molar refractivity (Wildman–Crippen MR) is 59.8 cm³/mol. The number of aliphatic carboxylic acids is 1. The maximum atomic E-state index is 13.7. The first-order chi connectivity index (χ1) is 8.00. The number of hydrogen-bond acceptors (Lipinski definition) is 2. The number of aliphatic imine (C=N–C) groups is 1. The lowest BCUT2D eigenvalue weighted by molar-refractivity contribution is -0.131. The van der Waals surface area contributed by atoms with Gasteiger partial charge >= 0.3 is 5.97 Å². The van der Waals surface area contributed by atoms with Gasteiger partial charge in [0.15, 0.2) is 0 Å². The van der Waals surface area contributed by atoms with Crippen LogP contribution in [-0.2, 0) is 4.79 Å². The summed E-state index contributed by atoms with van der Waals surface area (Å²) in [5.74, 6) is -4.61. The average molecular weight is 237 g/mol. The fraction of sp³-hybridized carbons (Fsp3) is 0.167. The molecular formula is C12H9F2NO2. The number of carbonyl (C=O) groups is 1. The van der Waals surface area contributed by atoms with Gasteiger partial charge < -0.3 is 5.11 Å². The normalized spacial score (nSPS) is 19.8. The van der Waals surface area contributed by atoms with Gasteiger partial charge in [0.1, 0.15) is 0 Å². The third-order valence-electron chi connectivity index (χ3n) is 2.43. The van der Waals surface area contributed by atoms with Gasteiger partial charge in [0.25, 0.3) is 5.92 Å². The minimum atomic E-state index is -3.21. The fourth-order valence-electron chi connectivity index (χ4n) is 1.69. The van der Waals surface area contributed by atoms with Crippen LogP contribution in [0.5, 0.6) is 0 Å². The van der Waals surface area contributed by atoms with Crippen LogP contribution in [0.25, 0.3) is 5.57 Å². The topological polar surface area (TPSA) is 49.7 Å². The molecule has 1 N–H and O–H groups in total. The summed E-state index contributed by atoms with van der Waals surface area (Å²) in [6.07, 6.45) is 1.07. The van der Waals surface area contributed by atoms with Crippen LogP contribution in [0.15, 0.2) is 35.3 Å². The Morgan fingerprint density at radius 1 is 1.41 bits per heavy atom. The van der Waals surface area contributed by atoms with Crippen LogP contribution in [0.4, 0.5) is 14.5 Å². The van der Waals surface area contributed by atoms with Crippen LogP contribution in [0.3, 0.4) is 0 Å². The number of rotatable bonds is 1. The molecule has 0 spiro atoms. The zero-order chi connectivity index (χ0) is 12.5. The Bertz CT molecular complexity index is 521. The molecule has 1 heterocycles. The summed E-state index contributed by atoms with van der Waals surface area (Å²) in [5, 5.41) is 8.66. The molecule has 88 valence electrons. The molecule has 0 aliphatic carbocycles. The number of carboxylic acid groups (broad SMARTS) is 1. The molecule has 0 aromatic heterocycles. The molecule has 5 heteroatoms. The Balaban J connectivity index is 2.65. The molecule has 0 unspecified atom stereocenters. The minimum absolute atomic E-state index is 0.161. The lowest BCUT2D eigenvalue weighted by atomic mass is 9.97. The molecule has 17 heavy (non-hydrogen) atoms. The summed E-state index contributed by atoms with van der Waals surface area (Å²) < 4.78 is 27.5. The number of benzene rings is 1. The van der Waals surface area contributed by atoms with Crippen molar-refractivity contribution in [2.75, 3.05) is 0 Å². The van der Waals surface area contributed by atoms with Crippen LogP contribution in [-0.4, -0.2) is 23.2 Å². The Morgan fingerprint density at radius 3 is 2.82 bits per heavy atom. The van der Waals surface area contributed by atoms with Crippen molar-refractivity contribution in [1.29, 1.82) is 0 Å². The van der Waals surface area contributed by atoms with Gasteiger partial charge in [-0.25, -0.2) is 13.6 Å². The van der Waals surface area contributed by atoms with Crippen molar-refractivity contribution in [3.8, 4) is 0 Å². The molecule has 1 aliphatic heterocycles. The molecule has 0 saturated heterocycles. The van der Waals surface area contributed by atoms with E-state index in [2.05, 4.69) is 4.99 Å². The third kappa shape index (κ3) is 2.22. The van der Waals surface area contributed by atoms with E-state index >= 15 is 0 Å². The van der Waals surface area contributed by atoms with Gasteiger partial charge in [0, 0.05) is 23.4 Å². The second-order valence-corrected chi connectivity index (χ2v) is 3.63. The highest BCUT2D eigenvalue weighted by atomic mass is 19.3. The average Bonchev–Trinajstić information content (AvgIpc) is 2.37. The molecule has 0 radical (unpaired) electrons. The van der Waals surface area contributed by atoms with E-state index in [1.165, 1.54) is 6.07 Å². The fourth-order valence-corrected chi connectivity index (χ4v) is 1.69. The zero-order valence-electron chi connectivity index (χ0n) is 8.73. The molecule has 0 bridgehead atoms. The van der Waals surface area contributed by atoms with Gasteiger partial charge in [-0.2, -0.15) is 0 Å². The lowest BCUT2D eigenvalue weighted by Crippen LogP contribution is -2.19. The second-order valence-electron chi connectivity index (χ2n) is 3.63. The van der Waals surface area contributed by atoms with E-state index < -0.39 is 23.9 Å². The number of carboxylic acids is 1. The van der Waals surface area contributed by atoms with E-state index in [0.29, 0.717) is 11.8 Å². The highest BCUT2D eigenvalue weighted by molar-refractivity contribution is 5.95. The number of fused-ring (bicyclic) bond motifs is 1. The number of allylic oxidation sites excluding steroid dienone is 1. The number of nitrogens with zero attached hydrogens (tertiary/aromatic N) is 1. The number of halogens is 2. The summed E-state index contributed by atoms with van der Waals surface area (Å²) in [5.41, 5.74) is 0.0175. The van der Waals surface area contributed by atoms with Gasteiger partial charge in [-0.1, -0.05) is 18.2 Å². The van der Waals surface area contributed by atoms with E-state index in [-0.39, 0.29) is 5.56 Å². The summed E-state index contributed by atoms with van der Waals surface area (Å²) in [7, 11) is 0. The molecule has 1 aromatic rings. The molecule has 1 aromatic carbocycles. The Hall–Kier alpha value is -2.04. The lowest BCUT2D eigenvalue weighted by Gasteiger charge is -2.17. The minimum Gasteiger partial charge on any atom is -0.478 e. The Morgan fingerprint density at radius 2 is 2.12 bits per heavy atom. The van der Waals surface area contributed by atoms with Crippen LogP contribution < -0.4 is 0 Å². The van der Waals surface area contributed by atoms with Gasteiger partial charge in [0.05, 0.1) is 12.1 Å². The molecule has 3 nitrogen and oxygen atoms in total. The molecule has 1 aliphatic rings. The van der Waals surface area contributed by atoms with Gasteiger partial charge in [-0.05, 0) is 6.07 Å². The maximum Gasteiger partial charge on any atom is 0.328 e. The van der Waals surface area contributed by atoms with E-state index in [1.807, 2.05) is 0 Å². The Labute approximate surface area is 96.1 Å². The maximum absolute atomic E-state index is 13.7. The first-order valence-electron chi connectivity index (χ1n) is 4.95. The van der Waals surface area contributed by atoms with E-state index in [1.54, 1.807) is 18.2 Å². The number of para-hydroxylation sites is 1. The standard InChI is InChI=1S/C12H9F2NO2/c13-12(14)5-6-15-10-4-2-1-3-8(10)9(12)7-11(16)17/h1-4,6-7H,5H2,(H,16,17). The first-order valence-corrected chi connectivity index (χ1v) is 4.95. The monoisotopic (exact) mass is 237 g/mol. The van der Waals surface area contributed by atoms with Crippen molar-refractivity contribution in [2.24, 2.45) is 4.99 Å². The first kappa shape index (κ1) is 11.4. The molecule has 0 amide bonds. The zero-order valence-corrected chi connectivity index (χ0v) is 8.73. The molecule has 0 atom stereocenters. The SMILES string of the molecule is O=C(O)C=C1c2ccccc2N=CCC1(F)F. The van der Waals surface area contributed by atoms with Crippen LogP contribution in [0.2, 0.25) is 0 Å². The summed E-state index contributed by atoms with van der Waals surface area (Å²) in [6.45, 7) is 0. The summed E-state index contributed by atoms with van der Waals surface area (Å²) >= 11 is 0. The van der Waals surface area contributed by atoms with Crippen LogP contribution >= 0.6 is 0 Å². The van der Waals surface area contributed by atoms with Gasteiger partial charge in [-0.3, -0.25) is 4.99 Å². The predicted octanol–water partition coefficient (Wildman–Crippen LogP) is 2.90. The molecular weight excluding hydrogens is 228 g/mol. The quantitative estimate of drug-likeness (QED) is 0.763. The molecule has 2 rings (SSSR count). The second kappa shape index (κ2) is 4.08. The van der Waals surface area contributed by atoms with Gasteiger partial charge in [0.2, 0.25) is 0 Å². The van der Waals surface area contributed by atoms with Gasteiger partial charge in [-0.15, -0.1) is 0 Å². The van der Waals surface area contributed by atoms with Crippen molar-refractivity contribution < 1.29 is 18.7 Å². The highest BCUT2D eigenvalue weighted by Gasteiger charge is 2.37. The Kier molecular flexibility index (Phi) is 2.75. The van der Waals surface area contributed by atoms with Crippen LogP contribution in [0, 0.1) is 0 Å². The van der Waals surface area contributed by atoms with Crippen molar-refractivity contribution in [2.45, 2.75) is 12.3 Å². The molecule has 0 saturated carbocycles. The summed E-state index contributed by atoms with van der Waals surface area (Å²) in [6, 6.07) is 6.26. The van der Waals surface area contributed by atoms with Crippen molar-refractivity contribution in [1.82, 2.24) is 0 Å². The van der Waals surface area contributed by atoms with Crippen molar-refractivity contribution in [3.05, 3.63) is 35.9 Å². The van der Waals surface area contributed by atoms with Crippen LogP contribution in [0.1, 0.15) is 12.0 Å². The van der Waals surface area contributed by atoms with E-state index in [0.717, 1.165) is 6.21 Å². The summed E-state index contributed by atoms with van der Waals surface area (Å²) in [4.78, 5) is 14.5. The largest absolute Gasteiger partial charge is 0.478 e. The van der Waals surface area contributed by atoms with E-state index in [9.17, 15) is 13.6 Å². The third-order valence-corrected chi connectivity index (χ3v) is 2.43. The van der Waals surface area contributed by atoms with E-state index in [4.69, 9.17) is 5.11 Å². The van der Waals surface area contributed by atoms with Crippen molar-refractivity contribution in [3.63, 3.8) is 0 Å².